The minimum Gasteiger partial charge on any atom is -0.347 e. The van der Waals surface area contributed by atoms with Gasteiger partial charge in [0.05, 0.1) is 5.54 Å². The normalized spacial score (nSPS) is 16.5. The fourth-order valence-electron chi connectivity index (χ4n) is 2.98. The molecule has 1 aromatic carbocycles. The van der Waals surface area contributed by atoms with E-state index < -0.39 is 5.54 Å². The number of aromatic nitrogens is 2. The Hall–Kier alpha value is -1.69. The molecule has 1 heterocycles. The third kappa shape index (κ3) is 4.53. The summed E-state index contributed by atoms with van der Waals surface area (Å²) in [5.74, 6) is 2.27. The van der Waals surface area contributed by atoms with Gasteiger partial charge in [0.2, 0.25) is 11.8 Å². The van der Waals surface area contributed by atoms with Crippen LogP contribution in [0.1, 0.15) is 69.7 Å². The van der Waals surface area contributed by atoms with Gasteiger partial charge in [0.15, 0.2) is 5.82 Å². The van der Waals surface area contributed by atoms with E-state index in [4.69, 9.17) is 4.52 Å². The molecule has 0 saturated heterocycles. The smallest absolute Gasteiger partial charge is 0.226 e. The molecular weight excluding hydrogens is 394 g/mol. The molecule has 26 heavy (non-hydrogen) atoms. The van der Waals surface area contributed by atoms with Crippen LogP contribution in [0, 0.1) is 5.92 Å². The number of carbonyl (C=O) groups is 1. The highest BCUT2D eigenvalue weighted by Crippen LogP contribution is 2.38. The van der Waals surface area contributed by atoms with Gasteiger partial charge in [-0.3, -0.25) is 4.79 Å². The molecule has 1 saturated carbocycles. The number of nitrogens with one attached hydrogen (secondary N) is 1. The van der Waals surface area contributed by atoms with Gasteiger partial charge in [-0.2, -0.15) is 4.98 Å². The molecule has 1 atom stereocenters. The summed E-state index contributed by atoms with van der Waals surface area (Å²) in [4.78, 5) is 16.9. The number of hydrogen-bond donors (Lipinski definition) is 1. The Kier molecular flexibility index (Phi) is 5.80. The van der Waals surface area contributed by atoms with E-state index in [1.165, 1.54) is 0 Å². The third-order valence-electron chi connectivity index (χ3n) is 5.22. The lowest BCUT2D eigenvalue weighted by Crippen LogP contribution is -2.47. The van der Waals surface area contributed by atoms with Gasteiger partial charge in [0, 0.05) is 23.2 Å². The molecular formula is C20H26BrN3O2. The molecule has 3 rings (SSSR count). The standard InChI is InChI=1S/C20H26BrN3O2/c1-13(2)20(3,15-9-11-16(21)12-10-15)23-17(25)5-4-6-18-22-19(24-26-18)14-7-8-14/h9-14H,4-8H2,1-3H3,(H,23,25)/t20-/m1/s1. The molecule has 5 nitrogen and oxygen atoms in total. The average molecular weight is 420 g/mol. The van der Waals surface area contributed by atoms with Gasteiger partial charge < -0.3 is 9.84 Å². The van der Waals surface area contributed by atoms with Crippen molar-refractivity contribution in [3.63, 3.8) is 0 Å². The second kappa shape index (κ2) is 7.91. The van der Waals surface area contributed by atoms with Crippen molar-refractivity contribution in [3.05, 3.63) is 46.0 Å². The monoisotopic (exact) mass is 419 g/mol. The maximum atomic E-state index is 12.5. The van der Waals surface area contributed by atoms with Crippen molar-refractivity contribution in [3.8, 4) is 0 Å². The fraction of sp³-hybridized carbons (Fsp3) is 0.550. The van der Waals surface area contributed by atoms with Crippen molar-refractivity contribution >= 4 is 21.8 Å². The number of nitrogens with zero attached hydrogens (tertiary/aromatic N) is 2. The highest BCUT2D eigenvalue weighted by atomic mass is 79.9. The number of halogens is 1. The van der Waals surface area contributed by atoms with Crippen LogP contribution in [0.15, 0.2) is 33.3 Å². The SMILES string of the molecule is CC(C)[C@@](C)(NC(=O)CCCc1nc(C2CC2)no1)c1ccc(Br)cc1. The lowest BCUT2D eigenvalue weighted by Gasteiger charge is -2.35. The first-order valence-corrected chi connectivity index (χ1v) is 10.1. The Morgan fingerprint density at radius 2 is 2.04 bits per heavy atom. The molecule has 1 fully saturated rings. The van der Waals surface area contributed by atoms with Gasteiger partial charge in [0.25, 0.3) is 0 Å². The lowest BCUT2D eigenvalue weighted by molar-refractivity contribution is -0.123. The largest absolute Gasteiger partial charge is 0.347 e. The number of carbonyl (C=O) groups excluding carboxylic acids is 1. The summed E-state index contributed by atoms with van der Waals surface area (Å²) in [6.45, 7) is 6.33. The van der Waals surface area contributed by atoms with Gasteiger partial charge >= 0.3 is 0 Å². The highest BCUT2D eigenvalue weighted by Gasteiger charge is 2.32. The van der Waals surface area contributed by atoms with E-state index in [1.54, 1.807) is 0 Å². The first kappa shape index (κ1) is 19.1. The predicted molar refractivity (Wildman–Crippen MR) is 104 cm³/mol. The molecule has 1 amide bonds. The number of benzene rings is 1. The Labute approximate surface area is 163 Å². The highest BCUT2D eigenvalue weighted by molar-refractivity contribution is 9.10. The van der Waals surface area contributed by atoms with Crippen LogP contribution >= 0.6 is 15.9 Å². The molecule has 0 aliphatic heterocycles. The van der Waals surface area contributed by atoms with Crippen molar-refractivity contribution in [1.82, 2.24) is 15.5 Å². The maximum absolute atomic E-state index is 12.5. The van der Waals surface area contributed by atoms with Crippen LogP contribution < -0.4 is 5.32 Å². The summed E-state index contributed by atoms with van der Waals surface area (Å²) >= 11 is 3.46. The van der Waals surface area contributed by atoms with Crippen molar-refractivity contribution in [2.24, 2.45) is 5.92 Å². The van der Waals surface area contributed by atoms with Crippen molar-refractivity contribution < 1.29 is 9.32 Å². The number of rotatable bonds is 8. The predicted octanol–water partition coefficient (Wildman–Crippen LogP) is 4.72. The average Bonchev–Trinajstić information content (AvgIpc) is 3.34. The van der Waals surface area contributed by atoms with Gasteiger partial charge in [-0.05, 0) is 49.8 Å². The van der Waals surface area contributed by atoms with E-state index in [-0.39, 0.29) is 11.8 Å². The third-order valence-corrected chi connectivity index (χ3v) is 5.75. The number of hydrogen-bond acceptors (Lipinski definition) is 4. The molecule has 0 radical (unpaired) electrons. The molecule has 1 aliphatic carbocycles. The van der Waals surface area contributed by atoms with E-state index in [0.717, 1.165) is 28.7 Å². The maximum Gasteiger partial charge on any atom is 0.226 e. The molecule has 140 valence electrons. The van der Waals surface area contributed by atoms with E-state index in [9.17, 15) is 4.79 Å². The second-order valence-electron chi connectivity index (χ2n) is 7.59. The van der Waals surface area contributed by atoms with Crippen LogP contribution in [-0.2, 0) is 16.8 Å². The van der Waals surface area contributed by atoms with Crippen LogP contribution in [-0.4, -0.2) is 16.0 Å². The van der Waals surface area contributed by atoms with Crippen LogP contribution in [0.2, 0.25) is 0 Å². The minimum absolute atomic E-state index is 0.0473. The van der Waals surface area contributed by atoms with Gasteiger partial charge in [-0.25, -0.2) is 0 Å². The van der Waals surface area contributed by atoms with E-state index in [0.29, 0.717) is 31.1 Å². The summed E-state index contributed by atoms with van der Waals surface area (Å²) in [6.07, 6.45) is 4.10. The van der Waals surface area contributed by atoms with Crippen LogP contribution in [0.25, 0.3) is 0 Å². The minimum atomic E-state index is -0.401. The first-order chi connectivity index (χ1) is 12.4. The summed E-state index contributed by atoms with van der Waals surface area (Å²) in [5, 5.41) is 7.24. The Morgan fingerprint density at radius 1 is 1.35 bits per heavy atom. The Balaban J connectivity index is 1.54. The van der Waals surface area contributed by atoms with E-state index >= 15 is 0 Å². The molecule has 0 unspecified atom stereocenters. The Morgan fingerprint density at radius 3 is 2.65 bits per heavy atom. The lowest BCUT2D eigenvalue weighted by atomic mass is 9.81. The Bertz CT molecular complexity index is 753. The first-order valence-electron chi connectivity index (χ1n) is 9.28. The fourth-order valence-corrected chi connectivity index (χ4v) is 3.24. The van der Waals surface area contributed by atoms with Crippen LogP contribution in [0.4, 0.5) is 0 Å². The molecule has 1 N–H and O–H groups in total. The van der Waals surface area contributed by atoms with Crippen LogP contribution in [0.3, 0.4) is 0 Å². The van der Waals surface area contributed by atoms with Crippen molar-refractivity contribution in [2.75, 3.05) is 0 Å². The van der Waals surface area contributed by atoms with E-state index in [2.05, 4.69) is 64.3 Å². The van der Waals surface area contributed by atoms with Gasteiger partial charge in [-0.15, -0.1) is 0 Å². The molecule has 2 aromatic rings. The zero-order valence-corrected chi connectivity index (χ0v) is 17.2. The second-order valence-corrected chi connectivity index (χ2v) is 8.50. The summed E-state index contributed by atoms with van der Waals surface area (Å²) in [5.41, 5.74) is 0.705. The zero-order chi connectivity index (χ0) is 18.7. The molecule has 6 heteroatoms. The van der Waals surface area contributed by atoms with E-state index in [1.807, 2.05) is 12.1 Å². The molecule has 0 spiro atoms. The number of aryl methyl sites for hydroxylation is 1. The van der Waals surface area contributed by atoms with Crippen molar-refractivity contribution in [2.45, 2.75) is 64.3 Å². The summed E-state index contributed by atoms with van der Waals surface area (Å²) in [6, 6.07) is 8.13. The van der Waals surface area contributed by atoms with Crippen molar-refractivity contribution in [1.29, 1.82) is 0 Å². The van der Waals surface area contributed by atoms with Crippen LogP contribution in [0.5, 0.6) is 0 Å². The van der Waals surface area contributed by atoms with Gasteiger partial charge in [-0.1, -0.05) is 47.1 Å². The van der Waals surface area contributed by atoms with Gasteiger partial charge in [0.1, 0.15) is 0 Å². The summed E-state index contributed by atoms with van der Waals surface area (Å²) < 4.78 is 6.30. The summed E-state index contributed by atoms with van der Waals surface area (Å²) in [7, 11) is 0. The topological polar surface area (TPSA) is 68.0 Å². The molecule has 1 aliphatic rings. The zero-order valence-electron chi connectivity index (χ0n) is 15.6. The number of amides is 1. The molecule has 0 bridgehead atoms. The quantitative estimate of drug-likeness (QED) is 0.671. The molecule has 1 aromatic heterocycles.